The van der Waals surface area contributed by atoms with Crippen LogP contribution in [0.1, 0.15) is 32.6 Å². The molecule has 1 aliphatic rings. The Morgan fingerprint density at radius 1 is 1.60 bits per heavy atom. The van der Waals surface area contributed by atoms with Gasteiger partial charge in [0.25, 0.3) is 0 Å². The Morgan fingerprint density at radius 2 is 2.30 bits per heavy atom. The van der Waals surface area contributed by atoms with Crippen molar-refractivity contribution in [1.29, 1.82) is 0 Å². The number of hydrogen-bond acceptors (Lipinski definition) is 1. The quantitative estimate of drug-likeness (QED) is 0.545. The minimum absolute atomic E-state index is 0.522. The van der Waals surface area contributed by atoms with Crippen molar-refractivity contribution in [2.45, 2.75) is 32.6 Å². The maximum absolute atomic E-state index is 5.20. The van der Waals surface area contributed by atoms with Crippen molar-refractivity contribution >= 4 is 0 Å². The summed E-state index contributed by atoms with van der Waals surface area (Å²) in [6, 6.07) is 0. The maximum Gasteiger partial charge on any atom is 0.0929 e. The highest BCUT2D eigenvalue weighted by molar-refractivity contribution is 4.86. The molecule has 0 aromatic heterocycles. The first-order valence-electron chi connectivity index (χ1n) is 4.05. The van der Waals surface area contributed by atoms with Crippen molar-refractivity contribution in [3.63, 3.8) is 0 Å². The fraction of sp³-hybridized carbons (Fsp3) is 0.778. The second-order valence-electron chi connectivity index (χ2n) is 3.18. The summed E-state index contributed by atoms with van der Waals surface area (Å²) in [7, 11) is 0. The third-order valence-corrected chi connectivity index (χ3v) is 2.67. The Balaban J connectivity index is 2.26. The summed E-state index contributed by atoms with van der Waals surface area (Å²) in [5.41, 5.74) is 0.522. The van der Waals surface area contributed by atoms with E-state index in [0.29, 0.717) is 5.41 Å². The highest BCUT2D eigenvalue weighted by Crippen LogP contribution is 2.43. The molecular weight excluding hydrogens is 124 g/mol. The molecule has 1 saturated carbocycles. The normalized spacial score (nSPS) is 21.3. The summed E-state index contributed by atoms with van der Waals surface area (Å²) in [5, 5.41) is 0. The smallest absolute Gasteiger partial charge is 0.0929 e. The third kappa shape index (κ3) is 1.34. The SMILES string of the molecule is C=COCC1(CC)CCC1. The molecule has 0 unspecified atom stereocenters. The van der Waals surface area contributed by atoms with Gasteiger partial charge in [0.15, 0.2) is 0 Å². The van der Waals surface area contributed by atoms with E-state index in [2.05, 4.69) is 13.5 Å². The molecular formula is C9H16O. The molecule has 0 heterocycles. The van der Waals surface area contributed by atoms with Gasteiger partial charge < -0.3 is 4.74 Å². The second kappa shape index (κ2) is 3.09. The largest absolute Gasteiger partial charge is 0.501 e. The topological polar surface area (TPSA) is 9.23 Å². The van der Waals surface area contributed by atoms with E-state index >= 15 is 0 Å². The van der Waals surface area contributed by atoms with E-state index in [0.717, 1.165) is 6.61 Å². The Kier molecular flexibility index (Phi) is 2.36. The standard InChI is InChI=1S/C9H16O/c1-3-9(6-5-7-9)8-10-4-2/h4H,2-3,5-8H2,1H3. The van der Waals surface area contributed by atoms with Gasteiger partial charge in [0, 0.05) is 5.41 Å². The van der Waals surface area contributed by atoms with Crippen LogP contribution in [0.25, 0.3) is 0 Å². The molecule has 0 aliphatic heterocycles. The van der Waals surface area contributed by atoms with Crippen LogP contribution in [0, 0.1) is 5.41 Å². The van der Waals surface area contributed by atoms with Crippen LogP contribution >= 0.6 is 0 Å². The second-order valence-corrected chi connectivity index (χ2v) is 3.18. The fourth-order valence-electron chi connectivity index (χ4n) is 1.51. The van der Waals surface area contributed by atoms with Gasteiger partial charge >= 0.3 is 0 Å². The maximum atomic E-state index is 5.20. The van der Waals surface area contributed by atoms with Crippen molar-refractivity contribution in [3.05, 3.63) is 12.8 Å². The van der Waals surface area contributed by atoms with Crippen LogP contribution in [0.5, 0.6) is 0 Å². The molecule has 0 bridgehead atoms. The monoisotopic (exact) mass is 140 g/mol. The molecule has 0 N–H and O–H groups in total. The van der Waals surface area contributed by atoms with Crippen molar-refractivity contribution in [1.82, 2.24) is 0 Å². The Hall–Kier alpha value is -0.460. The number of rotatable bonds is 4. The summed E-state index contributed by atoms with van der Waals surface area (Å²) in [6.07, 6.45) is 6.87. The van der Waals surface area contributed by atoms with E-state index in [1.165, 1.54) is 25.7 Å². The number of hydrogen-bond donors (Lipinski definition) is 0. The van der Waals surface area contributed by atoms with Crippen LogP contribution in [-0.4, -0.2) is 6.61 Å². The van der Waals surface area contributed by atoms with Crippen LogP contribution < -0.4 is 0 Å². The molecule has 0 saturated heterocycles. The zero-order valence-electron chi connectivity index (χ0n) is 6.73. The lowest BCUT2D eigenvalue weighted by Crippen LogP contribution is -2.32. The lowest BCUT2D eigenvalue weighted by Gasteiger charge is -2.40. The Morgan fingerprint density at radius 3 is 2.60 bits per heavy atom. The first-order valence-corrected chi connectivity index (χ1v) is 4.05. The van der Waals surface area contributed by atoms with Crippen molar-refractivity contribution in [3.8, 4) is 0 Å². The summed E-state index contributed by atoms with van der Waals surface area (Å²) in [6.45, 7) is 6.66. The first-order chi connectivity index (χ1) is 4.83. The predicted molar refractivity (Wildman–Crippen MR) is 42.7 cm³/mol. The van der Waals surface area contributed by atoms with E-state index in [1.807, 2.05) is 0 Å². The minimum atomic E-state index is 0.522. The fourth-order valence-corrected chi connectivity index (χ4v) is 1.51. The van der Waals surface area contributed by atoms with E-state index in [4.69, 9.17) is 4.74 Å². The molecule has 0 aromatic carbocycles. The molecule has 1 fully saturated rings. The zero-order valence-corrected chi connectivity index (χ0v) is 6.73. The lowest BCUT2D eigenvalue weighted by molar-refractivity contribution is 0.0321. The van der Waals surface area contributed by atoms with Gasteiger partial charge in [0.2, 0.25) is 0 Å². The van der Waals surface area contributed by atoms with Crippen molar-refractivity contribution < 1.29 is 4.74 Å². The third-order valence-electron chi connectivity index (χ3n) is 2.67. The molecule has 0 spiro atoms. The van der Waals surface area contributed by atoms with Gasteiger partial charge in [-0.3, -0.25) is 0 Å². The molecule has 1 aliphatic carbocycles. The van der Waals surface area contributed by atoms with Crippen LogP contribution in [0.2, 0.25) is 0 Å². The van der Waals surface area contributed by atoms with E-state index < -0.39 is 0 Å². The Bertz CT molecular complexity index is 108. The van der Waals surface area contributed by atoms with Crippen molar-refractivity contribution in [2.24, 2.45) is 5.41 Å². The molecule has 0 atom stereocenters. The van der Waals surface area contributed by atoms with Crippen LogP contribution in [0.4, 0.5) is 0 Å². The molecule has 1 rings (SSSR count). The van der Waals surface area contributed by atoms with E-state index in [9.17, 15) is 0 Å². The molecule has 0 radical (unpaired) electrons. The van der Waals surface area contributed by atoms with Gasteiger partial charge in [0.05, 0.1) is 12.9 Å². The van der Waals surface area contributed by atoms with Gasteiger partial charge in [-0.2, -0.15) is 0 Å². The van der Waals surface area contributed by atoms with Gasteiger partial charge in [-0.1, -0.05) is 19.9 Å². The lowest BCUT2D eigenvalue weighted by atomic mass is 9.68. The van der Waals surface area contributed by atoms with Crippen LogP contribution in [-0.2, 0) is 4.74 Å². The van der Waals surface area contributed by atoms with Crippen LogP contribution in [0.15, 0.2) is 12.8 Å². The van der Waals surface area contributed by atoms with E-state index in [-0.39, 0.29) is 0 Å². The molecule has 0 amide bonds. The highest BCUT2D eigenvalue weighted by atomic mass is 16.5. The van der Waals surface area contributed by atoms with E-state index in [1.54, 1.807) is 6.26 Å². The van der Waals surface area contributed by atoms with Crippen LogP contribution in [0.3, 0.4) is 0 Å². The van der Waals surface area contributed by atoms with Gasteiger partial charge in [0.1, 0.15) is 0 Å². The summed E-state index contributed by atoms with van der Waals surface area (Å²) < 4.78 is 5.20. The summed E-state index contributed by atoms with van der Waals surface area (Å²) >= 11 is 0. The average molecular weight is 140 g/mol. The molecule has 58 valence electrons. The van der Waals surface area contributed by atoms with Gasteiger partial charge in [-0.25, -0.2) is 0 Å². The minimum Gasteiger partial charge on any atom is -0.501 e. The van der Waals surface area contributed by atoms with Gasteiger partial charge in [-0.05, 0) is 19.3 Å². The first kappa shape index (κ1) is 7.64. The number of ether oxygens (including phenoxy) is 1. The Labute approximate surface area is 63.1 Å². The highest BCUT2D eigenvalue weighted by Gasteiger charge is 2.35. The molecule has 0 aromatic rings. The predicted octanol–water partition coefficient (Wildman–Crippen LogP) is 2.73. The molecule has 1 heteroatoms. The van der Waals surface area contributed by atoms with Crippen molar-refractivity contribution in [2.75, 3.05) is 6.61 Å². The average Bonchev–Trinajstić information content (AvgIpc) is 1.87. The van der Waals surface area contributed by atoms with Gasteiger partial charge in [-0.15, -0.1) is 0 Å². The summed E-state index contributed by atoms with van der Waals surface area (Å²) in [4.78, 5) is 0. The summed E-state index contributed by atoms with van der Waals surface area (Å²) in [5.74, 6) is 0. The molecule has 10 heavy (non-hydrogen) atoms. The molecule has 1 nitrogen and oxygen atoms in total. The zero-order chi connectivity index (χ0) is 7.45.